The number of rotatable bonds is 6. The summed E-state index contributed by atoms with van der Waals surface area (Å²) in [6.07, 6.45) is 0. The summed E-state index contributed by atoms with van der Waals surface area (Å²) < 4.78 is 0. The van der Waals surface area contributed by atoms with Crippen molar-refractivity contribution in [1.82, 2.24) is 0 Å². The Labute approximate surface area is 107 Å². The third kappa shape index (κ3) is 2.82. The first-order chi connectivity index (χ1) is 7.59. The van der Waals surface area contributed by atoms with Crippen LogP contribution in [-0.4, -0.2) is 19.1 Å². The van der Waals surface area contributed by atoms with Gasteiger partial charge in [-0.15, -0.1) is 0 Å². The van der Waals surface area contributed by atoms with Crippen molar-refractivity contribution in [2.75, 3.05) is 0 Å². The lowest BCUT2D eigenvalue weighted by Crippen LogP contribution is -2.49. The molecule has 0 saturated carbocycles. The molecule has 1 atom stereocenters. The van der Waals surface area contributed by atoms with Gasteiger partial charge >= 0.3 is 5.97 Å². The van der Waals surface area contributed by atoms with Crippen molar-refractivity contribution in [2.24, 2.45) is 0 Å². The van der Waals surface area contributed by atoms with Crippen molar-refractivity contribution in [3.63, 3.8) is 0 Å². The Hall–Kier alpha value is -0.573. The first kappa shape index (κ1) is 16.4. The van der Waals surface area contributed by atoms with E-state index in [4.69, 9.17) is 0 Å². The molecule has 1 unspecified atom stereocenters. The summed E-state index contributed by atoms with van der Waals surface area (Å²) in [5.74, 6) is -0.837. The van der Waals surface area contributed by atoms with Gasteiger partial charge in [0.25, 0.3) is 0 Å². The van der Waals surface area contributed by atoms with Crippen LogP contribution in [0.3, 0.4) is 0 Å². The average molecular weight is 256 g/mol. The summed E-state index contributed by atoms with van der Waals surface area (Å²) >= 11 is 0. The van der Waals surface area contributed by atoms with Gasteiger partial charge in [0.1, 0.15) is 0 Å². The average Bonchev–Trinajstić information content (AvgIpc) is 2.14. The highest BCUT2D eigenvalue weighted by Crippen LogP contribution is 2.51. The number of hydrogen-bond acceptors (Lipinski definition) is 1. The van der Waals surface area contributed by atoms with Gasteiger partial charge in [0.15, 0.2) is 0 Å². The zero-order valence-corrected chi connectivity index (χ0v) is 13.4. The quantitative estimate of drug-likeness (QED) is 0.552. The molecule has 0 heterocycles. The van der Waals surface area contributed by atoms with E-state index in [0.29, 0.717) is 22.2 Å². The summed E-state index contributed by atoms with van der Waals surface area (Å²) in [6, 6.07) is 0. The molecular formula is C14H28O2Si. The van der Waals surface area contributed by atoms with E-state index in [-0.39, 0.29) is 5.54 Å². The van der Waals surface area contributed by atoms with Crippen molar-refractivity contribution in [2.45, 2.75) is 70.6 Å². The summed E-state index contributed by atoms with van der Waals surface area (Å²) in [6.45, 7) is 19.4. The molecule has 0 aliphatic heterocycles. The second kappa shape index (κ2) is 5.85. The Bertz CT molecular complexity index is 271. The van der Waals surface area contributed by atoms with Crippen molar-refractivity contribution in [3.05, 3.63) is 12.2 Å². The smallest absolute Gasteiger partial charge is 0.330 e. The Kier molecular flexibility index (Phi) is 5.65. The van der Waals surface area contributed by atoms with Crippen LogP contribution < -0.4 is 0 Å². The Balaban J connectivity index is 5.60. The van der Waals surface area contributed by atoms with Crippen LogP contribution in [0.15, 0.2) is 12.2 Å². The van der Waals surface area contributed by atoms with E-state index >= 15 is 0 Å². The normalized spacial score (nSPS) is 14.5. The summed E-state index contributed by atoms with van der Waals surface area (Å²) in [5, 5.41) is 9.18. The highest BCUT2D eigenvalue weighted by atomic mass is 28.3. The summed E-state index contributed by atoms with van der Waals surface area (Å²) in [4.78, 5) is 11.2. The van der Waals surface area contributed by atoms with E-state index in [1.807, 2.05) is 0 Å². The Morgan fingerprint density at radius 2 is 1.24 bits per heavy atom. The third-order valence-electron chi connectivity index (χ3n) is 4.55. The molecule has 100 valence electrons. The molecule has 0 fully saturated rings. The Morgan fingerprint density at radius 3 is 1.41 bits per heavy atom. The molecule has 0 aromatic rings. The minimum Gasteiger partial charge on any atom is -0.478 e. The minimum atomic E-state index is -1.74. The van der Waals surface area contributed by atoms with Crippen LogP contribution in [0.5, 0.6) is 0 Å². The fourth-order valence-electron chi connectivity index (χ4n) is 3.99. The molecule has 0 aliphatic carbocycles. The molecule has 2 nitrogen and oxygen atoms in total. The monoisotopic (exact) mass is 256 g/mol. The van der Waals surface area contributed by atoms with Gasteiger partial charge in [-0.25, -0.2) is 4.79 Å². The summed E-state index contributed by atoms with van der Waals surface area (Å²) in [5.41, 5.74) is 2.21. The molecule has 0 aliphatic rings. The second-order valence-corrected chi connectivity index (χ2v) is 12.3. The van der Waals surface area contributed by atoms with Crippen LogP contribution in [0.25, 0.3) is 0 Å². The van der Waals surface area contributed by atoms with E-state index in [9.17, 15) is 9.90 Å². The predicted octanol–water partition coefficient (Wildman–Crippen LogP) is 4.70. The number of hydrogen-bond donors (Lipinski definition) is 1. The van der Waals surface area contributed by atoms with Crippen LogP contribution in [0.4, 0.5) is 0 Å². The maximum absolute atomic E-state index is 11.2. The van der Waals surface area contributed by atoms with Crippen LogP contribution in [0.2, 0.25) is 22.2 Å². The maximum Gasteiger partial charge on any atom is 0.330 e. The van der Waals surface area contributed by atoms with Crippen LogP contribution in [0, 0.1) is 0 Å². The topological polar surface area (TPSA) is 37.3 Å². The molecule has 0 radical (unpaired) electrons. The predicted molar refractivity (Wildman–Crippen MR) is 77.2 cm³/mol. The fourth-order valence-corrected chi connectivity index (χ4v) is 11.7. The van der Waals surface area contributed by atoms with Crippen LogP contribution in [-0.2, 0) is 4.79 Å². The van der Waals surface area contributed by atoms with Crippen molar-refractivity contribution in [3.8, 4) is 0 Å². The lowest BCUT2D eigenvalue weighted by Gasteiger charge is -2.48. The molecule has 0 spiro atoms. The van der Waals surface area contributed by atoms with E-state index in [0.717, 1.165) is 0 Å². The first-order valence-electron chi connectivity index (χ1n) is 6.52. The number of carboxylic acids is 1. The molecule has 0 saturated heterocycles. The van der Waals surface area contributed by atoms with E-state index < -0.39 is 14.0 Å². The summed E-state index contributed by atoms with van der Waals surface area (Å²) in [7, 11) is -1.74. The van der Waals surface area contributed by atoms with E-state index in [2.05, 4.69) is 55.0 Å². The first-order valence-corrected chi connectivity index (χ1v) is 8.83. The minimum absolute atomic E-state index is 0.125. The van der Waals surface area contributed by atoms with Crippen molar-refractivity contribution < 1.29 is 9.90 Å². The van der Waals surface area contributed by atoms with Gasteiger partial charge in [-0.05, 0) is 5.54 Å². The highest BCUT2D eigenvalue weighted by Gasteiger charge is 2.48. The molecule has 0 amide bonds. The molecular weight excluding hydrogens is 228 g/mol. The van der Waals surface area contributed by atoms with Gasteiger partial charge in [0.2, 0.25) is 0 Å². The van der Waals surface area contributed by atoms with E-state index in [1.165, 1.54) is 0 Å². The largest absolute Gasteiger partial charge is 0.478 e. The van der Waals surface area contributed by atoms with Gasteiger partial charge in [-0.1, -0.05) is 71.7 Å². The molecule has 17 heavy (non-hydrogen) atoms. The lowest BCUT2D eigenvalue weighted by atomic mass is 10.2. The van der Waals surface area contributed by atoms with Gasteiger partial charge in [0.05, 0.1) is 8.07 Å². The molecule has 3 heteroatoms. The van der Waals surface area contributed by atoms with Crippen molar-refractivity contribution >= 4 is 14.0 Å². The lowest BCUT2D eigenvalue weighted by molar-refractivity contribution is -0.132. The van der Waals surface area contributed by atoms with Gasteiger partial charge in [-0.2, -0.15) is 0 Å². The number of carboxylic acid groups (broad SMARTS) is 1. The zero-order chi connectivity index (χ0) is 14.0. The number of carbonyl (C=O) groups is 1. The molecule has 0 aromatic heterocycles. The van der Waals surface area contributed by atoms with Gasteiger partial charge in [-0.3, -0.25) is 0 Å². The molecule has 0 aromatic carbocycles. The number of aliphatic carboxylic acids is 1. The van der Waals surface area contributed by atoms with Crippen LogP contribution in [0.1, 0.15) is 48.5 Å². The van der Waals surface area contributed by atoms with Crippen molar-refractivity contribution in [1.29, 1.82) is 0 Å². The maximum atomic E-state index is 11.2. The van der Waals surface area contributed by atoms with Gasteiger partial charge in [0, 0.05) is 5.57 Å². The third-order valence-corrected chi connectivity index (χ3v) is 12.4. The zero-order valence-electron chi connectivity index (χ0n) is 12.4. The Morgan fingerprint density at radius 1 is 0.941 bits per heavy atom. The highest BCUT2D eigenvalue weighted by molar-refractivity contribution is 6.85. The van der Waals surface area contributed by atoms with Crippen LogP contribution >= 0.6 is 0 Å². The standard InChI is InChI=1S/C14H28O2Si/c1-9(2)17(10(3)4,11(5)6)13(8)12(7)14(15)16/h9-11,13H,7H2,1-6,8H3,(H,15,16). The SMILES string of the molecule is C=C(C(=O)O)C(C)[Si](C(C)C)(C(C)C)C(C)C. The van der Waals surface area contributed by atoms with Gasteiger partial charge < -0.3 is 5.11 Å². The second-order valence-electron chi connectivity index (χ2n) is 6.02. The molecule has 0 rings (SSSR count). The van der Waals surface area contributed by atoms with E-state index in [1.54, 1.807) is 0 Å². The molecule has 0 bridgehead atoms. The molecule has 1 N–H and O–H groups in total. The fraction of sp³-hybridized carbons (Fsp3) is 0.786.